The summed E-state index contributed by atoms with van der Waals surface area (Å²) in [6.45, 7) is 4.46. The van der Waals surface area contributed by atoms with Crippen molar-refractivity contribution in [1.29, 1.82) is 0 Å². The first-order chi connectivity index (χ1) is 12.6. The van der Waals surface area contributed by atoms with Crippen molar-refractivity contribution in [2.75, 3.05) is 0 Å². The molecular weight excluding hydrogens is 377 g/mol. The summed E-state index contributed by atoms with van der Waals surface area (Å²) in [5.41, 5.74) is -0.694. The third-order valence-corrected chi connectivity index (χ3v) is 5.43. The zero-order valence-corrected chi connectivity index (χ0v) is 15.9. The molecule has 144 valence electrons. The number of hydrogen-bond donors (Lipinski definition) is 0. The number of hydrogen-bond acceptors (Lipinski definition) is 3. The standard InChI is InChI=1S/C19H19F3N2O2S/c1-11(2)10-24-17-15(16(25)23(3)18(24)26)9-14(27-17)8-12-4-6-13(7-5-12)19(20,21)22/h4-7,9,11H,8,10H2,1-3H3. The number of thiophene rings is 1. The van der Waals surface area contributed by atoms with Gasteiger partial charge < -0.3 is 0 Å². The summed E-state index contributed by atoms with van der Waals surface area (Å²) in [5.74, 6) is 0.226. The highest BCUT2D eigenvalue weighted by atomic mass is 32.1. The van der Waals surface area contributed by atoms with E-state index >= 15 is 0 Å². The Labute approximate surface area is 157 Å². The Balaban J connectivity index is 2.03. The normalized spacial score (nSPS) is 12.3. The molecule has 0 bridgehead atoms. The van der Waals surface area contributed by atoms with Crippen LogP contribution in [0.15, 0.2) is 39.9 Å². The van der Waals surface area contributed by atoms with Gasteiger partial charge in [-0.15, -0.1) is 11.3 Å². The molecule has 0 saturated carbocycles. The lowest BCUT2D eigenvalue weighted by molar-refractivity contribution is -0.137. The first-order valence-electron chi connectivity index (χ1n) is 8.46. The third-order valence-electron chi connectivity index (χ3n) is 4.27. The summed E-state index contributed by atoms with van der Waals surface area (Å²) < 4.78 is 40.8. The van der Waals surface area contributed by atoms with Crippen molar-refractivity contribution in [3.05, 3.63) is 67.2 Å². The monoisotopic (exact) mass is 396 g/mol. The first kappa shape index (κ1) is 19.4. The molecule has 27 heavy (non-hydrogen) atoms. The molecule has 0 amide bonds. The second-order valence-electron chi connectivity index (χ2n) is 6.95. The van der Waals surface area contributed by atoms with Crippen molar-refractivity contribution in [1.82, 2.24) is 9.13 Å². The van der Waals surface area contributed by atoms with Gasteiger partial charge in [0, 0.05) is 24.9 Å². The van der Waals surface area contributed by atoms with Crippen LogP contribution in [0.25, 0.3) is 10.2 Å². The lowest BCUT2D eigenvalue weighted by Crippen LogP contribution is -2.38. The Morgan fingerprint density at radius 3 is 2.30 bits per heavy atom. The van der Waals surface area contributed by atoms with Crippen LogP contribution in [-0.2, 0) is 26.2 Å². The molecule has 0 fully saturated rings. The van der Waals surface area contributed by atoms with E-state index in [2.05, 4.69) is 0 Å². The Morgan fingerprint density at radius 2 is 1.74 bits per heavy atom. The molecule has 8 heteroatoms. The number of rotatable bonds is 4. The minimum Gasteiger partial charge on any atom is -0.284 e. The van der Waals surface area contributed by atoms with Crippen molar-refractivity contribution in [3.63, 3.8) is 0 Å². The highest BCUT2D eigenvalue weighted by molar-refractivity contribution is 7.18. The van der Waals surface area contributed by atoms with Crippen LogP contribution in [0.3, 0.4) is 0 Å². The van der Waals surface area contributed by atoms with E-state index in [1.165, 1.54) is 30.5 Å². The van der Waals surface area contributed by atoms with Crippen LogP contribution in [0, 0.1) is 5.92 Å². The van der Waals surface area contributed by atoms with Gasteiger partial charge in [0.2, 0.25) is 0 Å². The number of aromatic nitrogens is 2. The molecule has 4 nitrogen and oxygen atoms in total. The van der Waals surface area contributed by atoms with Crippen LogP contribution >= 0.6 is 11.3 Å². The number of fused-ring (bicyclic) bond motifs is 1. The minimum absolute atomic E-state index is 0.226. The van der Waals surface area contributed by atoms with Gasteiger partial charge in [0.15, 0.2) is 0 Å². The first-order valence-corrected chi connectivity index (χ1v) is 9.28. The predicted molar refractivity (Wildman–Crippen MR) is 100 cm³/mol. The quantitative estimate of drug-likeness (QED) is 0.668. The second-order valence-corrected chi connectivity index (χ2v) is 8.07. The fourth-order valence-corrected chi connectivity index (χ4v) is 4.13. The van der Waals surface area contributed by atoms with Gasteiger partial charge in [0.1, 0.15) is 4.83 Å². The average molecular weight is 396 g/mol. The minimum atomic E-state index is -4.37. The Hall–Kier alpha value is -2.35. The Bertz CT molecular complexity index is 1090. The van der Waals surface area contributed by atoms with E-state index in [4.69, 9.17) is 0 Å². The van der Waals surface area contributed by atoms with Gasteiger partial charge in [-0.3, -0.25) is 13.9 Å². The van der Waals surface area contributed by atoms with Gasteiger partial charge in [-0.25, -0.2) is 4.79 Å². The summed E-state index contributed by atoms with van der Waals surface area (Å²) in [6.07, 6.45) is -3.97. The van der Waals surface area contributed by atoms with Crippen molar-refractivity contribution in [3.8, 4) is 0 Å². The van der Waals surface area contributed by atoms with E-state index in [1.54, 1.807) is 10.6 Å². The van der Waals surface area contributed by atoms with E-state index in [-0.39, 0.29) is 17.2 Å². The summed E-state index contributed by atoms with van der Waals surface area (Å²) in [5, 5.41) is 0.463. The van der Waals surface area contributed by atoms with Crippen molar-refractivity contribution < 1.29 is 13.2 Å². The summed E-state index contributed by atoms with van der Waals surface area (Å²) in [7, 11) is 1.45. The third kappa shape index (κ3) is 3.85. The topological polar surface area (TPSA) is 44.0 Å². The van der Waals surface area contributed by atoms with Crippen molar-refractivity contribution in [2.24, 2.45) is 13.0 Å². The molecule has 0 aliphatic heterocycles. The Kier molecular flexibility index (Phi) is 5.03. The van der Waals surface area contributed by atoms with E-state index in [1.807, 2.05) is 13.8 Å². The van der Waals surface area contributed by atoms with E-state index in [0.717, 1.165) is 21.6 Å². The van der Waals surface area contributed by atoms with Gasteiger partial charge >= 0.3 is 11.9 Å². The number of alkyl halides is 3. The van der Waals surface area contributed by atoms with Crippen LogP contribution in [0.4, 0.5) is 13.2 Å². The largest absolute Gasteiger partial charge is 0.416 e. The van der Waals surface area contributed by atoms with Gasteiger partial charge in [-0.2, -0.15) is 13.2 Å². The second kappa shape index (κ2) is 6.99. The lowest BCUT2D eigenvalue weighted by atomic mass is 10.1. The maximum absolute atomic E-state index is 12.7. The number of benzene rings is 1. The molecule has 2 heterocycles. The van der Waals surface area contributed by atoms with Crippen molar-refractivity contribution in [2.45, 2.75) is 33.0 Å². The van der Waals surface area contributed by atoms with Gasteiger partial charge in [0.25, 0.3) is 5.56 Å². The molecule has 2 aromatic heterocycles. The lowest BCUT2D eigenvalue weighted by Gasteiger charge is -2.11. The molecule has 3 rings (SSSR count). The zero-order valence-electron chi connectivity index (χ0n) is 15.1. The molecular formula is C19H19F3N2O2S. The van der Waals surface area contributed by atoms with Crippen LogP contribution in [0.5, 0.6) is 0 Å². The predicted octanol–water partition coefficient (Wildman–Crippen LogP) is 4.03. The summed E-state index contributed by atoms with van der Waals surface area (Å²) in [6, 6.07) is 6.71. The molecule has 0 saturated heterocycles. The smallest absolute Gasteiger partial charge is 0.284 e. The number of nitrogens with zero attached hydrogens (tertiary/aromatic N) is 2. The molecule has 1 aromatic carbocycles. The maximum Gasteiger partial charge on any atom is 0.416 e. The Morgan fingerprint density at radius 1 is 1.11 bits per heavy atom. The fourth-order valence-electron chi connectivity index (χ4n) is 2.95. The fraction of sp³-hybridized carbons (Fsp3) is 0.368. The van der Waals surface area contributed by atoms with Gasteiger partial charge in [-0.1, -0.05) is 26.0 Å². The van der Waals surface area contributed by atoms with Gasteiger partial charge in [0.05, 0.1) is 10.9 Å². The highest BCUT2D eigenvalue weighted by Gasteiger charge is 2.29. The van der Waals surface area contributed by atoms with Gasteiger partial charge in [-0.05, 0) is 29.7 Å². The molecule has 3 aromatic rings. The molecule has 0 radical (unpaired) electrons. The highest BCUT2D eigenvalue weighted by Crippen LogP contribution is 2.30. The van der Waals surface area contributed by atoms with E-state index in [9.17, 15) is 22.8 Å². The average Bonchev–Trinajstić information content (AvgIpc) is 3.00. The summed E-state index contributed by atoms with van der Waals surface area (Å²) in [4.78, 5) is 26.3. The number of halogens is 3. The van der Waals surface area contributed by atoms with Crippen LogP contribution < -0.4 is 11.2 Å². The molecule has 0 aliphatic rings. The molecule has 0 spiro atoms. The van der Waals surface area contributed by atoms with E-state index in [0.29, 0.717) is 28.7 Å². The molecule has 0 unspecified atom stereocenters. The van der Waals surface area contributed by atoms with E-state index < -0.39 is 11.7 Å². The molecule has 0 aliphatic carbocycles. The molecule has 0 atom stereocenters. The van der Waals surface area contributed by atoms with Crippen molar-refractivity contribution >= 4 is 21.6 Å². The van der Waals surface area contributed by atoms with Crippen LogP contribution in [-0.4, -0.2) is 9.13 Å². The summed E-state index contributed by atoms with van der Waals surface area (Å²) >= 11 is 1.33. The van der Waals surface area contributed by atoms with Crippen LogP contribution in [0.1, 0.15) is 29.9 Å². The maximum atomic E-state index is 12.7. The SMILES string of the molecule is CC(C)Cn1c(=O)n(C)c(=O)c2cc(Cc3ccc(C(F)(F)F)cc3)sc21. The molecule has 0 N–H and O–H groups in total. The van der Waals surface area contributed by atoms with Crippen LogP contribution in [0.2, 0.25) is 0 Å². The zero-order chi connectivity index (χ0) is 19.9.